The van der Waals surface area contributed by atoms with E-state index in [9.17, 15) is 5.26 Å². The molecule has 0 N–H and O–H groups in total. The van der Waals surface area contributed by atoms with Crippen LogP contribution in [0.5, 0.6) is 0 Å². The third-order valence-corrected chi connectivity index (χ3v) is 10.1. The molecule has 47 heavy (non-hydrogen) atoms. The number of nitrogens with zero attached hydrogens (tertiary/aromatic N) is 4. The lowest BCUT2D eigenvalue weighted by molar-refractivity contribution is 0.550. The van der Waals surface area contributed by atoms with Gasteiger partial charge < -0.3 is 0 Å². The molecule has 0 amide bonds. The van der Waals surface area contributed by atoms with Crippen molar-refractivity contribution in [3.8, 4) is 62.5 Å². The summed E-state index contributed by atoms with van der Waals surface area (Å²) in [5.41, 5.74) is 11.0. The topological polar surface area (TPSA) is 62.5 Å². The molecule has 6 aromatic carbocycles. The van der Waals surface area contributed by atoms with Crippen LogP contribution in [0.1, 0.15) is 42.4 Å². The van der Waals surface area contributed by atoms with Crippen LogP contribution in [0.3, 0.4) is 0 Å². The van der Waals surface area contributed by atoms with E-state index >= 15 is 0 Å². The van der Waals surface area contributed by atoms with Crippen molar-refractivity contribution in [2.75, 3.05) is 0 Å². The normalized spacial score (nSPS) is 14.2. The van der Waals surface area contributed by atoms with Crippen LogP contribution in [0.25, 0.3) is 67.2 Å². The first-order valence-corrected chi connectivity index (χ1v) is 16.3. The number of hydrogen-bond acceptors (Lipinski definition) is 4. The summed E-state index contributed by atoms with van der Waals surface area (Å²) in [4.78, 5) is 15.2. The van der Waals surface area contributed by atoms with E-state index in [1.165, 1.54) is 40.5 Å². The summed E-state index contributed by atoms with van der Waals surface area (Å²) >= 11 is 0. The number of nitriles is 1. The lowest BCUT2D eigenvalue weighted by Gasteiger charge is -2.27. The first-order chi connectivity index (χ1) is 23.2. The van der Waals surface area contributed by atoms with Crippen LogP contribution in [0.15, 0.2) is 133 Å². The Kier molecular flexibility index (Phi) is 6.33. The Balaban J connectivity index is 1.22. The van der Waals surface area contributed by atoms with Crippen LogP contribution in [0, 0.1) is 11.3 Å². The van der Waals surface area contributed by atoms with E-state index in [-0.39, 0.29) is 5.41 Å². The van der Waals surface area contributed by atoms with Crippen LogP contribution in [0.4, 0.5) is 0 Å². The van der Waals surface area contributed by atoms with Gasteiger partial charge in [0.1, 0.15) is 0 Å². The maximum atomic E-state index is 9.67. The molecule has 0 unspecified atom stereocenters. The van der Waals surface area contributed by atoms with E-state index in [1.54, 1.807) is 0 Å². The molecule has 1 aromatic heterocycles. The Morgan fingerprint density at radius 3 is 1.96 bits per heavy atom. The molecule has 0 saturated heterocycles. The van der Waals surface area contributed by atoms with Crippen molar-refractivity contribution >= 4 is 10.8 Å². The molecule has 1 heterocycles. The molecule has 0 radical (unpaired) electrons. The van der Waals surface area contributed by atoms with Gasteiger partial charge in [-0.1, -0.05) is 122 Å². The van der Waals surface area contributed by atoms with Gasteiger partial charge in [0.25, 0.3) is 0 Å². The lowest BCUT2D eigenvalue weighted by Crippen LogP contribution is -2.20. The summed E-state index contributed by atoms with van der Waals surface area (Å²) in [5.74, 6) is 1.95. The zero-order valence-electron chi connectivity index (χ0n) is 25.8. The molecule has 222 valence electrons. The first-order valence-electron chi connectivity index (χ1n) is 16.3. The van der Waals surface area contributed by atoms with Gasteiger partial charge >= 0.3 is 0 Å². The third-order valence-electron chi connectivity index (χ3n) is 10.1. The second-order valence-corrected chi connectivity index (χ2v) is 12.7. The summed E-state index contributed by atoms with van der Waals surface area (Å²) in [7, 11) is 0. The molecule has 4 heteroatoms. The van der Waals surface area contributed by atoms with E-state index in [4.69, 9.17) is 15.0 Å². The molecule has 4 nitrogen and oxygen atoms in total. The summed E-state index contributed by atoms with van der Waals surface area (Å²) in [5, 5.41) is 12.0. The minimum atomic E-state index is 0.000501. The average molecular weight is 603 g/mol. The number of fused-ring (bicyclic) bond motifs is 6. The monoisotopic (exact) mass is 602 g/mol. The fourth-order valence-corrected chi connectivity index (χ4v) is 7.86. The highest BCUT2D eigenvalue weighted by Gasteiger charge is 2.45. The molecule has 1 saturated carbocycles. The van der Waals surface area contributed by atoms with Gasteiger partial charge in [0, 0.05) is 22.1 Å². The highest BCUT2D eigenvalue weighted by atomic mass is 15.0. The lowest BCUT2D eigenvalue weighted by atomic mass is 9.76. The van der Waals surface area contributed by atoms with Crippen LogP contribution in [0.2, 0.25) is 0 Å². The van der Waals surface area contributed by atoms with Gasteiger partial charge in [0.05, 0.1) is 11.6 Å². The third kappa shape index (κ3) is 4.47. The highest BCUT2D eigenvalue weighted by Crippen LogP contribution is 2.57. The number of benzene rings is 6. The van der Waals surface area contributed by atoms with Gasteiger partial charge in [-0.05, 0) is 81.3 Å². The smallest absolute Gasteiger partial charge is 0.164 e. The predicted octanol–water partition coefficient (Wildman–Crippen LogP) is 10.4. The fourth-order valence-electron chi connectivity index (χ4n) is 7.86. The van der Waals surface area contributed by atoms with E-state index in [2.05, 4.69) is 103 Å². The summed E-state index contributed by atoms with van der Waals surface area (Å²) in [6.07, 6.45) is 4.69. The Labute approximate surface area is 274 Å². The zero-order chi connectivity index (χ0) is 31.4. The molecule has 9 rings (SSSR count). The minimum absolute atomic E-state index is 0.000501. The van der Waals surface area contributed by atoms with Gasteiger partial charge in [-0.25, -0.2) is 15.0 Å². The Hall–Kier alpha value is -5.92. The Bertz CT molecular complexity index is 2380. The maximum Gasteiger partial charge on any atom is 0.164 e. The van der Waals surface area contributed by atoms with Crippen molar-refractivity contribution in [2.45, 2.75) is 31.1 Å². The second kappa shape index (κ2) is 10.9. The van der Waals surface area contributed by atoms with Gasteiger partial charge in [0.2, 0.25) is 0 Å². The Morgan fingerprint density at radius 1 is 0.468 bits per heavy atom. The fraction of sp³-hybridized carbons (Fsp3) is 0.116. The number of hydrogen-bond donors (Lipinski definition) is 0. The van der Waals surface area contributed by atoms with Gasteiger partial charge in [-0.2, -0.15) is 5.26 Å². The van der Waals surface area contributed by atoms with Crippen LogP contribution < -0.4 is 0 Å². The summed E-state index contributed by atoms with van der Waals surface area (Å²) in [6, 6.07) is 48.8. The van der Waals surface area contributed by atoms with Crippen molar-refractivity contribution in [3.63, 3.8) is 0 Å². The van der Waals surface area contributed by atoms with Crippen LogP contribution in [-0.2, 0) is 5.41 Å². The summed E-state index contributed by atoms with van der Waals surface area (Å²) < 4.78 is 0. The number of rotatable bonds is 4. The number of aromatic nitrogens is 3. The van der Waals surface area contributed by atoms with Crippen molar-refractivity contribution in [1.29, 1.82) is 5.26 Å². The largest absolute Gasteiger partial charge is 0.208 e. The van der Waals surface area contributed by atoms with Crippen molar-refractivity contribution in [3.05, 3.63) is 150 Å². The highest BCUT2D eigenvalue weighted by molar-refractivity contribution is 5.89. The van der Waals surface area contributed by atoms with Gasteiger partial charge in [-0.3, -0.25) is 0 Å². The van der Waals surface area contributed by atoms with E-state index in [0.717, 1.165) is 46.0 Å². The molecular formula is C43H30N4. The first kappa shape index (κ1) is 27.4. The molecule has 2 aliphatic carbocycles. The molecule has 0 atom stereocenters. The second-order valence-electron chi connectivity index (χ2n) is 12.7. The standard InChI is InChI=1S/C43H30N4/c44-27-28-16-21-38-37(24-28)35-20-19-32(26-39(35)43(38)22-8-9-23-43)34-14-6-7-15-36(34)42-46-40(30-11-2-1-3-12-30)45-41(47-42)33-18-17-29-10-4-5-13-31(29)25-33/h1-7,10-21,24-26H,8-9,22-23H2. The minimum Gasteiger partial charge on any atom is -0.208 e. The Morgan fingerprint density at radius 2 is 1.15 bits per heavy atom. The maximum absolute atomic E-state index is 9.67. The van der Waals surface area contributed by atoms with Crippen molar-refractivity contribution in [1.82, 2.24) is 15.0 Å². The van der Waals surface area contributed by atoms with E-state index < -0.39 is 0 Å². The SMILES string of the molecule is N#Cc1ccc2c(c1)-c1ccc(-c3ccccc3-c3nc(-c4ccccc4)nc(-c4ccc5ccccc5c4)n3)cc1C21CCCC1. The molecule has 1 fully saturated rings. The molecular weight excluding hydrogens is 573 g/mol. The molecule has 2 aliphatic rings. The van der Waals surface area contributed by atoms with E-state index in [1.807, 2.05) is 36.4 Å². The van der Waals surface area contributed by atoms with Crippen LogP contribution in [-0.4, -0.2) is 15.0 Å². The van der Waals surface area contributed by atoms with Crippen molar-refractivity contribution < 1.29 is 0 Å². The summed E-state index contributed by atoms with van der Waals surface area (Å²) in [6.45, 7) is 0. The molecule has 7 aromatic rings. The molecule has 0 aliphatic heterocycles. The molecule has 1 spiro atoms. The molecule has 0 bridgehead atoms. The van der Waals surface area contributed by atoms with Gasteiger partial charge in [-0.15, -0.1) is 0 Å². The van der Waals surface area contributed by atoms with Crippen LogP contribution >= 0.6 is 0 Å². The average Bonchev–Trinajstić information content (AvgIpc) is 3.75. The van der Waals surface area contributed by atoms with E-state index in [0.29, 0.717) is 23.0 Å². The van der Waals surface area contributed by atoms with Gasteiger partial charge in [0.15, 0.2) is 17.5 Å². The van der Waals surface area contributed by atoms with Crippen molar-refractivity contribution in [2.24, 2.45) is 0 Å². The quantitative estimate of drug-likeness (QED) is 0.201. The predicted molar refractivity (Wildman–Crippen MR) is 188 cm³/mol. The zero-order valence-corrected chi connectivity index (χ0v) is 25.8.